The van der Waals surface area contributed by atoms with Crippen LogP contribution in [0, 0.1) is 0 Å². The van der Waals surface area contributed by atoms with Gasteiger partial charge in [0.25, 0.3) is 5.56 Å². The van der Waals surface area contributed by atoms with Crippen LogP contribution in [0.3, 0.4) is 0 Å². The van der Waals surface area contributed by atoms with Crippen LogP contribution in [-0.2, 0) is 6.54 Å². The third kappa shape index (κ3) is 2.21. The van der Waals surface area contributed by atoms with Crippen LogP contribution in [0.2, 0.25) is 5.15 Å². The fraction of sp³-hybridized carbons (Fsp3) is 0.400. The predicted octanol–water partition coefficient (Wildman–Crippen LogP) is 1.21. The average molecular weight is 253 g/mol. The van der Waals surface area contributed by atoms with E-state index in [1.807, 2.05) is 0 Å². The molecule has 0 aromatic carbocycles. The van der Waals surface area contributed by atoms with Crippen LogP contribution >= 0.6 is 11.6 Å². The summed E-state index contributed by atoms with van der Waals surface area (Å²) in [6.45, 7) is 0.225. The number of nitrogens with zero attached hydrogens (tertiary/aromatic N) is 4. The van der Waals surface area contributed by atoms with Crippen LogP contribution in [-0.4, -0.2) is 19.7 Å². The van der Waals surface area contributed by atoms with Crippen molar-refractivity contribution in [1.82, 2.24) is 19.7 Å². The van der Waals surface area contributed by atoms with Crippen molar-refractivity contribution in [1.29, 1.82) is 0 Å². The lowest BCUT2D eigenvalue weighted by molar-refractivity contribution is 0.364. The van der Waals surface area contributed by atoms with Crippen molar-refractivity contribution in [3.05, 3.63) is 39.6 Å². The van der Waals surface area contributed by atoms with Gasteiger partial charge in [-0.3, -0.25) is 9.36 Å². The summed E-state index contributed by atoms with van der Waals surface area (Å²) in [6.07, 6.45) is 3.59. The number of aromatic nitrogens is 4. The highest BCUT2D eigenvalue weighted by atomic mass is 35.5. The second-order valence-corrected chi connectivity index (χ2v) is 4.39. The van der Waals surface area contributed by atoms with E-state index in [9.17, 15) is 4.79 Å². The Hall–Kier alpha value is -1.69. The van der Waals surface area contributed by atoms with E-state index in [4.69, 9.17) is 16.1 Å². The first-order valence-corrected chi connectivity index (χ1v) is 5.64. The molecule has 0 atom stereocenters. The Morgan fingerprint density at radius 3 is 3.06 bits per heavy atom. The van der Waals surface area contributed by atoms with Gasteiger partial charge in [0.05, 0.1) is 6.33 Å². The van der Waals surface area contributed by atoms with Gasteiger partial charge in [0.2, 0.25) is 5.89 Å². The van der Waals surface area contributed by atoms with Crippen molar-refractivity contribution in [2.24, 2.45) is 0 Å². The second kappa shape index (κ2) is 3.96. The molecule has 1 saturated carbocycles. The lowest BCUT2D eigenvalue weighted by Crippen LogP contribution is -2.20. The van der Waals surface area contributed by atoms with E-state index in [2.05, 4.69) is 15.1 Å². The molecule has 0 amide bonds. The van der Waals surface area contributed by atoms with Crippen LogP contribution in [0.5, 0.6) is 0 Å². The van der Waals surface area contributed by atoms with Gasteiger partial charge >= 0.3 is 0 Å². The zero-order chi connectivity index (χ0) is 11.8. The monoisotopic (exact) mass is 252 g/mol. The van der Waals surface area contributed by atoms with Crippen LogP contribution < -0.4 is 5.56 Å². The summed E-state index contributed by atoms with van der Waals surface area (Å²) in [6, 6.07) is 1.25. The molecule has 0 radical (unpaired) electrons. The molecule has 7 heteroatoms. The molecule has 0 unspecified atom stereocenters. The van der Waals surface area contributed by atoms with Gasteiger partial charge in [-0.25, -0.2) is 4.98 Å². The van der Waals surface area contributed by atoms with Crippen molar-refractivity contribution in [2.75, 3.05) is 0 Å². The van der Waals surface area contributed by atoms with Crippen molar-refractivity contribution in [3.63, 3.8) is 0 Å². The molecule has 3 rings (SSSR count). The molecule has 1 aliphatic carbocycles. The van der Waals surface area contributed by atoms with Gasteiger partial charge in [0.15, 0.2) is 5.82 Å². The normalized spacial score (nSPS) is 15.1. The molecule has 0 bridgehead atoms. The van der Waals surface area contributed by atoms with Gasteiger partial charge in [-0.15, -0.1) is 0 Å². The van der Waals surface area contributed by atoms with Gasteiger partial charge in [0.1, 0.15) is 11.7 Å². The molecule has 0 spiro atoms. The zero-order valence-electron chi connectivity index (χ0n) is 8.84. The Kier molecular flexibility index (Phi) is 2.44. The fourth-order valence-electron chi connectivity index (χ4n) is 1.51. The first kappa shape index (κ1) is 10.5. The Morgan fingerprint density at radius 1 is 1.53 bits per heavy atom. The third-order valence-corrected chi connectivity index (χ3v) is 2.78. The summed E-state index contributed by atoms with van der Waals surface area (Å²) in [7, 11) is 0. The van der Waals surface area contributed by atoms with Crippen molar-refractivity contribution in [2.45, 2.75) is 25.3 Å². The summed E-state index contributed by atoms with van der Waals surface area (Å²) in [5, 5.41) is 4.05. The minimum atomic E-state index is -0.240. The molecule has 17 heavy (non-hydrogen) atoms. The predicted molar refractivity (Wildman–Crippen MR) is 58.9 cm³/mol. The minimum Gasteiger partial charge on any atom is -0.337 e. The van der Waals surface area contributed by atoms with Crippen molar-refractivity contribution < 1.29 is 4.52 Å². The number of halogens is 1. The van der Waals surface area contributed by atoms with Gasteiger partial charge in [0, 0.05) is 12.0 Å². The van der Waals surface area contributed by atoms with E-state index in [-0.39, 0.29) is 17.3 Å². The topological polar surface area (TPSA) is 73.8 Å². The summed E-state index contributed by atoms with van der Waals surface area (Å²) >= 11 is 5.60. The van der Waals surface area contributed by atoms with Crippen LogP contribution in [0.1, 0.15) is 30.5 Å². The molecular formula is C10H9ClN4O2. The summed E-state index contributed by atoms with van der Waals surface area (Å²) in [5.41, 5.74) is -0.240. The van der Waals surface area contributed by atoms with E-state index in [1.165, 1.54) is 17.0 Å². The molecule has 0 aliphatic heterocycles. The van der Waals surface area contributed by atoms with Crippen LogP contribution in [0.15, 0.2) is 21.7 Å². The van der Waals surface area contributed by atoms with E-state index < -0.39 is 0 Å². The summed E-state index contributed by atoms with van der Waals surface area (Å²) in [5.74, 6) is 1.58. The maximum Gasteiger partial charge on any atom is 0.255 e. The van der Waals surface area contributed by atoms with Gasteiger partial charge in [-0.1, -0.05) is 16.8 Å². The quantitative estimate of drug-likeness (QED) is 0.768. The minimum absolute atomic E-state index is 0.176. The largest absolute Gasteiger partial charge is 0.337 e. The highest BCUT2D eigenvalue weighted by Crippen LogP contribution is 2.38. The first-order valence-electron chi connectivity index (χ1n) is 5.27. The van der Waals surface area contributed by atoms with Gasteiger partial charge in [-0.05, 0) is 12.8 Å². The average Bonchev–Trinajstić information content (AvgIpc) is 3.04. The zero-order valence-corrected chi connectivity index (χ0v) is 9.59. The maximum atomic E-state index is 11.5. The number of rotatable bonds is 3. The molecule has 1 fully saturated rings. The van der Waals surface area contributed by atoms with Gasteiger partial charge < -0.3 is 4.52 Å². The molecule has 6 nitrogen and oxygen atoms in total. The fourth-order valence-corrected chi connectivity index (χ4v) is 1.64. The number of hydrogen-bond donors (Lipinski definition) is 0. The highest BCUT2D eigenvalue weighted by molar-refractivity contribution is 6.29. The lowest BCUT2D eigenvalue weighted by atomic mass is 10.4. The molecule has 1 aliphatic rings. The van der Waals surface area contributed by atoms with E-state index in [1.54, 1.807) is 0 Å². The second-order valence-electron chi connectivity index (χ2n) is 4.00. The molecule has 2 aromatic heterocycles. The Morgan fingerprint density at radius 2 is 2.35 bits per heavy atom. The standard InChI is InChI=1S/C10H9ClN4O2/c11-7-3-9(16)15(5-12-7)4-8-13-10(14-17-8)6-1-2-6/h3,5-6H,1-2,4H2. The van der Waals surface area contributed by atoms with Crippen LogP contribution in [0.4, 0.5) is 0 Å². The molecule has 2 heterocycles. The van der Waals surface area contributed by atoms with E-state index in [0.29, 0.717) is 11.8 Å². The number of hydrogen-bond acceptors (Lipinski definition) is 5. The third-order valence-electron chi connectivity index (χ3n) is 2.58. The van der Waals surface area contributed by atoms with Crippen molar-refractivity contribution in [3.8, 4) is 0 Å². The lowest BCUT2D eigenvalue weighted by Gasteiger charge is -1.99. The smallest absolute Gasteiger partial charge is 0.255 e. The molecule has 2 aromatic rings. The van der Waals surface area contributed by atoms with Crippen LogP contribution in [0.25, 0.3) is 0 Å². The van der Waals surface area contributed by atoms with E-state index >= 15 is 0 Å². The molecule has 88 valence electrons. The molecule has 0 N–H and O–H groups in total. The van der Waals surface area contributed by atoms with Gasteiger partial charge in [-0.2, -0.15) is 4.98 Å². The van der Waals surface area contributed by atoms with Crippen molar-refractivity contribution >= 4 is 11.6 Å². The SMILES string of the molecule is O=c1cc(Cl)ncn1Cc1nc(C2CC2)no1. The summed E-state index contributed by atoms with van der Waals surface area (Å²) in [4.78, 5) is 19.6. The molecular weight excluding hydrogens is 244 g/mol. The van der Waals surface area contributed by atoms with E-state index in [0.717, 1.165) is 18.7 Å². The maximum absolute atomic E-state index is 11.5. The highest BCUT2D eigenvalue weighted by Gasteiger charge is 2.28. The Balaban J connectivity index is 1.83. The molecule has 0 saturated heterocycles. The first-order chi connectivity index (χ1) is 8.22. The Labute approximate surface area is 101 Å². The Bertz CT molecular complexity index is 602. The summed E-state index contributed by atoms with van der Waals surface area (Å²) < 4.78 is 6.44.